The zero-order chi connectivity index (χ0) is 25.6. The van der Waals surface area contributed by atoms with Crippen molar-refractivity contribution < 1.29 is 32.2 Å². The van der Waals surface area contributed by atoms with E-state index < -0.39 is 23.4 Å². The van der Waals surface area contributed by atoms with Crippen LogP contribution in [0.3, 0.4) is 0 Å². The van der Waals surface area contributed by atoms with E-state index in [2.05, 4.69) is 15.6 Å². The predicted octanol–water partition coefficient (Wildman–Crippen LogP) is 4.07. The molecule has 2 amide bonds. The smallest absolute Gasteiger partial charge is 0.420 e. The zero-order valence-electron chi connectivity index (χ0n) is 18.5. The molecule has 1 heterocycles. The third-order valence-corrected chi connectivity index (χ3v) is 5.46. The van der Waals surface area contributed by atoms with Crippen LogP contribution in [0.15, 0.2) is 46.3 Å². The van der Waals surface area contributed by atoms with E-state index in [1.165, 1.54) is 32.2 Å². The van der Waals surface area contributed by atoms with Gasteiger partial charge in [-0.3, -0.25) is 9.59 Å². The minimum absolute atomic E-state index is 0.0202. The van der Waals surface area contributed by atoms with Crippen LogP contribution in [0.2, 0.25) is 0 Å². The number of thioether (sulfide) groups is 1. The Kier molecular flexibility index (Phi) is 8.03. The number of carbonyl (C=O) groups excluding carboxylic acids is 2. The Bertz CT molecular complexity index is 1250. The summed E-state index contributed by atoms with van der Waals surface area (Å²) in [7, 11) is 1.33. The second-order valence-corrected chi connectivity index (χ2v) is 8.11. The van der Waals surface area contributed by atoms with Crippen molar-refractivity contribution in [2.45, 2.75) is 13.1 Å². The quantitative estimate of drug-likeness (QED) is 0.432. The van der Waals surface area contributed by atoms with Gasteiger partial charge in [-0.05, 0) is 53.7 Å². The summed E-state index contributed by atoms with van der Waals surface area (Å²) in [6.45, 7) is 2.16. The normalized spacial score (nSPS) is 14.3. The average molecular weight is 504 g/mol. The first kappa shape index (κ1) is 25.6. The van der Waals surface area contributed by atoms with Crippen LogP contribution in [0.25, 0.3) is 6.08 Å². The van der Waals surface area contributed by atoms with Gasteiger partial charge in [0.15, 0.2) is 16.7 Å². The number of methoxy groups -OCH3 is 1. The lowest BCUT2D eigenvalue weighted by Crippen LogP contribution is -2.32. The van der Waals surface area contributed by atoms with Gasteiger partial charge in [0.2, 0.25) is 5.91 Å². The number of alkyl halides is 3. The molecule has 0 aromatic heterocycles. The summed E-state index contributed by atoms with van der Waals surface area (Å²) in [5.41, 5.74) is -0.701. The van der Waals surface area contributed by atoms with E-state index in [9.17, 15) is 22.8 Å². The maximum absolute atomic E-state index is 13.4. The molecule has 3 rings (SSSR count). The fraction of sp³-hybridized carbons (Fsp3) is 0.217. The van der Waals surface area contributed by atoms with E-state index in [4.69, 9.17) is 14.7 Å². The first-order valence-electron chi connectivity index (χ1n) is 10.1. The van der Waals surface area contributed by atoms with Crippen LogP contribution in [-0.2, 0) is 15.8 Å². The van der Waals surface area contributed by atoms with Crippen molar-refractivity contribution in [2.24, 2.45) is 4.99 Å². The van der Waals surface area contributed by atoms with Gasteiger partial charge in [0.25, 0.3) is 5.91 Å². The number of benzene rings is 2. The molecule has 1 aliphatic rings. The van der Waals surface area contributed by atoms with Gasteiger partial charge < -0.3 is 20.1 Å². The number of rotatable bonds is 7. The monoisotopic (exact) mass is 504 g/mol. The van der Waals surface area contributed by atoms with Crippen LogP contribution in [0.4, 0.5) is 13.2 Å². The minimum atomic E-state index is -4.73. The molecule has 12 heteroatoms. The third-order valence-electron chi connectivity index (χ3n) is 4.52. The fourth-order valence-corrected chi connectivity index (χ4v) is 3.77. The number of amides is 2. The number of aliphatic imine (C=N–C) groups is 1. The van der Waals surface area contributed by atoms with Crippen LogP contribution in [-0.4, -0.2) is 37.2 Å². The van der Waals surface area contributed by atoms with Gasteiger partial charge in [-0.1, -0.05) is 6.07 Å². The number of ether oxygens (including phenoxy) is 2. The Morgan fingerprint density at radius 3 is 2.57 bits per heavy atom. The molecule has 0 saturated carbocycles. The van der Waals surface area contributed by atoms with Gasteiger partial charge >= 0.3 is 6.18 Å². The van der Waals surface area contributed by atoms with Crippen LogP contribution < -0.4 is 20.1 Å². The highest BCUT2D eigenvalue weighted by Crippen LogP contribution is 2.41. The van der Waals surface area contributed by atoms with Crippen molar-refractivity contribution in [2.75, 3.05) is 20.2 Å². The largest absolute Gasteiger partial charge is 0.493 e. The number of nitrogens with one attached hydrogen (secondary N) is 2. The lowest BCUT2D eigenvalue weighted by Gasteiger charge is -2.16. The molecule has 0 radical (unpaired) electrons. The third kappa shape index (κ3) is 6.77. The van der Waals surface area contributed by atoms with Crippen LogP contribution >= 0.6 is 11.8 Å². The van der Waals surface area contributed by atoms with Crippen molar-refractivity contribution in [1.82, 2.24) is 10.6 Å². The van der Waals surface area contributed by atoms with Gasteiger partial charge in [-0.15, -0.1) is 0 Å². The molecule has 2 aromatic rings. The van der Waals surface area contributed by atoms with E-state index in [1.54, 1.807) is 18.2 Å². The first-order valence-corrected chi connectivity index (χ1v) is 10.9. The molecule has 8 nitrogen and oxygen atoms in total. The predicted molar refractivity (Wildman–Crippen MR) is 124 cm³/mol. The van der Waals surface area contributed by atoms with Gasteiger partial charge in [-0.2, -0.15) is 23.4 Å². The molecule has 182 valence electrons. The van der Waals surface area contributed by atoms with E-state index in [0.717, 1.165) is 17.8 Å². The van der Waals surface area contributed by atoms with Crippen LogP contribution in [0.1, 0.15) is 23.6 Å². The summed E-state index contributed by atoms with van der Waals surface area (Å²) in [5.74, 6) is -0.942. The van der Waals surface area contributed by atoms with Crippen molar-refractivity contribution in [3.63, 3.8) is 0 Å². The molecule has 1 aliphatic heterocycles. The Labute approximate surface area is 202 Å². The number of hydrogen-bond donors (Lipinski definition) is 2. The molecule has 2 N–H and O–H groups in total. The van der Waals surface area contributed by atoms with Crippen molar-refractivity contribution in [3.8, 4) is 23.3 Å². The molecular weight excluding hydrogens is 485 g/mol. The maximum Gasteiger partial charge on any atom is 0.420 e. The van der Waals surface area contributed by atoms with E-state index in [1.807, 2.05) is 0 Å². The summed E-state index contributed by atoms with van der Waals surface area (Å²) >= 11 is 1.12. The molecule has 2 aromatic carbocycles. The summed E-state index contributed by atoms with van der Waals surface area (Å²) in [6.07, 6.45) is -3.16. The molecule has 0 atom stereocenters. The second kappa shape index (κ2) is 11.0. The summed E-state index contributed by atoms with van der Waals surface area (Å²) in [6, 6.07) is 9.16. The lowest BCUT2D eigenvalue weighted by atomic mass is 10.1. The Balaban J connectivity index is 1.77. The molecule has 0 saturated heterocycles. The molecule has 35 heavy (non-hydrogen) atoms. The number of amidine groups is 1. The number of nitriles is 1. The molecular formula is C23H19F3N4O4S. The van der Waals surface area contributed by atoms with Crippen LogP contribution in [0, 0.1) is 11.3 Å². The molecule has 0 fully saturated rings. The van der Waals surface area contributed by atoms with Gasteiger partial charge in [-0.25, -0.2) is 0 Å². The molecule has 0 spiro atoms. The second-order valence-electron chi connectivity index (χ2n) is 7.08. The summed E-state index contributed by atoms with van der Waals surface area (Å²) in [4.78, 5) is 27.3. The van der Waals surface area contributed by atoms with Gasteiger partial charge in [0, 0.05) is 20.0 Å². The SMILES string of the molecule is COc1cc(/C=C2/SC(NCCNC(C)=O)=NC2=O)ccc1Oc1ccc(C#N)cc1C(F)(F)F. The van der Waals surface area contributed by atoms with Crippen molar-refractivity contribution >= 4 is 34.8 Å². The lowest BCUT2D eigenvalue weighted by molar-refractivity contribution is -0.138. The zero-order valence-corrected chi connectivity index (χ0v) is 19.3. The highest BCUT2D eigenvalue weighted by atomic mass is 32.2. The Morgan fingerprint density at radius 2 is 1.91 bits per heavy atom. The molecule has 0 bridgehead atoms. The number of halogens is 3. The Morgan fingerprint density at radius 1 is 1.17 bits per heavy atom. The number of nitrogens with zero attached hydrogens (tertiary/aromatic N) is 2. The van der Waals surface area contributed by atoms with Crippen molar-refractivity contribution in [1.29, 1.82) is 5.26 Å². The first-order chi connectivity index (χ1) is 16.6. The van der Waals surface area contributed by atoms with E-state index in [0.29, 0.717) is 34.8 Å². The minimum Gasteiger partial charge on any atom is -0.493 e. The topological polar surface area (TPSA) is 113 Å². The summed E-state index contributed by atoms with van der Waals surface area (Å²) < 4.78 is 51.1. The Hall–Kier alpha value is -3.98. The molecule has 0 unspecified atom stereocenters. The van der Waals surface area contributed by atoms with E-state index >= 15 is 0 Å². The number of hydrogen-bond acceptors (Lipinski definition) is 7. The van der Waals surface area contributed by atoms with E-state index in [-0.39, 0.29) is 23.0 Å². The van der Waals surface area contributed by atoms with Crippen LogP contribution in [0.5, 0.6) is 17.2 Å². The number of carbonyl (C=O) groups is 2. The molecule has 0 aliphatic carbocycles. The van der Waals surface area contributed by atoms with Gasteiger partial charge in [0.05, 0.1) is 29.2 Å². The highest BCUT2D eigenvalue weighted by Gasteiger charge is 2.35. The highest BCUT2D eigenvalue weighted by molar-refractivity contribution is 8.18. The standard InChI is InChI=1S/C23H19F3N4O4S/c1-13(31)28-7-8-29-22-30-21(32)20(35-22)11-14-3-6-18(19(10-14)33-2)34-17-5-4-15(12-27)9-16(17)23(24,25)26/h3-6,9-11H,7-8H2,1-2H3,(H,28,31)(H,29,30,32)/b20-11+. The fourth-order valence-electron chi connectivity index (χ4n) is 2.93. The maximum atomic E-state index is 13.4. The summed E-state index contributed by atoms with van der Waals surface area (Å²) in [5, 5.41) is 14.9. The van der Waals surface area contributed by atoms with Crippen molar-refractivity contribution in [3.05, 3.63) is 58.0 Å². The van der Waals surface area contributed by atoms with Gasteiger partial charge in [0.1, 0.15) is 5.75 Å². The average Bonchev–Trinajstić information content (AvgIpc) is 3.15.